The van der Waals surface area contributed by atoms with E-state index in [4.69, 9.17) is 9.47 Å². The van der Waals surface area contributed by atoms with Gasteiger partial charge in [-0.2, -0.15) is 15.3 Å². The molecule has 0 unspecified atom stereocenters. The molecule has 0 radical (unpaired) electrons. The first-order valence-electron chi connectivity index (χ1n) is 15.7. The summed E-state index contributed by atoms with van der Waals surface area (Å²) in [7, 11) is 0. The number of H-pyrrole nitrogens is 1. The van der Waals surface area contributed by atoms with E-state index in [1.165, 1.54) is 12.0 Å². The predicted octanol–water partition coefficient (Wildman–Crippen LogP) is 3.33. The highest BCUT2D eigenvalue weighted by Crippen LogP contribution is 2.30. The van der Waals surface area contributed by atoms with Gasteiger partial charge in [-0.15, -0.1) is 0 Å². The summed E-state index contributed by atoms with van der Waals surface area (Å²) in [5.74, 6) is 1.37. The Kier molecular flexibility index (Phi) is 8.45. The van der Waals surface area contributed by atoms with Gasteiger partial charge in [0.15, 0.2) is 5.82 Å². The molecule has 0 spiro atoms. The first kappa shape index (κ1) is 29.6. The summed E-state index contributed by atoms with van der Waals surface area (Å²) >= 11 is 0. The van der Waals surface area contributed by atoms with Gasteiger partial charge in [-0.25, -0.2) is 9.97 Å². The Morgan fingerprint density at radius 3 is 2.59 bits per heavy atom. The third kappa shape index (κ3) is 6.35. The Balaban J connectivity index is 0.968. The summed E-state index contributed by atoms with van der Waals surface area (Å²) in [5, 5.41) is 19.8. The predicted molar refractivity (Wildman–Crippen MR) is 171 cm³/mol. The molecule has 46 heavy (non-hydrogen) atoms. The molecule has 13 heteroatoms. The van der Waals surface area contributed by atoms with Gasteiger partial charge in [0.1, 0.15) is 29.9 Å². The van der Waals surface area contributed by atoms with Gasteiger partial charge in [-0.05, 0) is 48.5 Å². The van der Waals surface area contributed by atoms with E-state index in [0.29, 0.717) is 59.9 Å². The number of carbonyl (C=O) groups excluding carboxylic acids is 1. The molecule has 7 rings (SSSR count). The number of anilines is 3. The number of aromatic amines is 1. The van der Waals surface area contributed by atoms with Crippen molar-refractivity contribution in [3.05, 3.63) is 72.3 Å². The van der Waals surface area contributed by atoms with Crippen molar-refractivity contribution in [3.63, 3.8) is 0 Å². The highest BCUT2D eigenvalue weighted by Gasteiger charge is 2.32. The van der Waals surface area contributed by atoms with Crippen LogP contribution >= 0.6 is 0 Å². The van der Waals surface area contributed by atoms with Crippen LogP contribution < -0.4 is 15.0 Å². The second-order valence-corrected chi connectivity index (χ2v) is 12.0. The number of nitriles is 1. The zero-order valence-corrected chi connectivity index (χ0v) is 25.7. The second-order valence-electron chi connectivity index (χ2n) is 12.0. The third-order valence-corrected chi connectivity index (χ3v) is 8.99. The zero-order chi connectivity index (χ0) is 31.5. The SMILES string of the molecule is C[C@@H]1CN(C(=O)c2ccn[nH]2)CC[C@@H]1Oc1ccc(-c2ncnc(Nc3ccc(N4CCN(C5COC5)CC4)cc3)n2)cc1C#N. The van der Waals surface area contributed by atoms with Crippen molar-refractivity contribution in [2.45, 2.75) is 25.5 Å². The fourth-order valence-electron chi connectivity index (χ4n) is 6.21. The minimum atomic E-state index is -0.129. The summed E-state index contributed by atoms with van der Waals surface area (Å²) in [6, 6.07) is 18.2. The van der Waals surface area contributed by atoms with Crippen molar-refractivity contribution in [2.75, 3.05) is 62.7 Å². The first-order valence-corrected chi connectivity index (χ1v) is 15.7. The van der Waals surface area contributed by atoms with Crippen molar-refractivity contribution in [2.24, 2.45) is 5.92 Å². The molecule has 2 atom stereocenters. The van der Waals surface area contributed by atoms with Gasteiger partial charge >= 0.3 is 0 Å². The number of amides is 1. The molecule has 0 aliphatic carbocycles. The van der Waals surface area contributed by atoms with Gasteiger partial charge in [0.05, 0.1) is 24.8 Å². The quantitative estimate of drug-likeness (QED) is 0.299. The molecule has 13 nitrogen and oxygen atoms in total. The lowest BCUT2D eigenvalue weighted by Gasteiger charge is -2.43. The Morgan fingerprint density at radius 2 is 1.89 bits per heavy atom. The summed E-state index contributed by atoms with van der Waals surface area (Å²) in [5.41, 5.74) is 3.63. The first-order chi connectivity index (χ1) is 22.5. The maximum atomic E-state index is 12.7. The Bertz CT molecular complexity index is 1700. The van der Waals surface area contributed by atoms with Crippen LogP contribution in [0.5, 0.6) is 5.75 Å². The summed E-state index contributed by atoms with van der Waals surface area (Å²) in [4.78, 5) is 32.7. The Labute approximate surface area is 267 Å². The molecule has 2 aromatic carbocycles. The molecule has 5 heterocycles. The molecule has 0 bridgehead atoms. The summed E-state index contributed by atoms with van der Waals surface area (Å²) in [6.07, 6.45) is 3.56. The van der Waals surface area contributed by atoms with Crippen LogP contribution in [-0.2, 0) is 4.74 Å². The van der Waals surface area contributed by atoms with E-state index in [2.05, 4.69) is 65.4 Å². The van der Waals surface area contributed by atoms with Crippen molar-refractivity contribution >= 4 is 23.2 Å². The Hall–Kier alpha value is -5.06. The van der Waals surface area contributed by atoms with Gasteiger partial charge in [-0.3, -0.25) is 14.8 Å². The number of hydrogen-bond donors (Lipinski definition) is 2. The van der Waals surface area contributed by atoms with Crippen LogP contribution in [0.1, 0.15) is 29.4 Å². The van der Waals surface area contributed by atoms with E-state index < -0.39 is 0 Å². The lowest BCUT2D eigenvalue weighted by atomic mass is 9.96. The van der Waals surface area contributed by atoms with Crippen LogP contribution in [0.4, 0.5) is 17.3 Å². The average molecular weight is 621 g/mol. The number of ether oxygens (including phenoxy) is 2. The molecule has 3 fully saturated rings. The molecule has 1 amide bonds. The molecule has 0 saturated carbocycles. The standard InChI is InChI=1S/C33H36N10O3/c1-22-18-43(32(44)28-8-10-37-40-28)11-9-29(22)46-30-7-2-23(16-24(30)17-34)31-35-21-36-33(39-31)38-25-3-5-26(6-4-25)41-12-14-42(15-13-41)27-19-45-20-27/h2-8,10,16,21-22,27,29H,9,11-15,18-20H2,1H3,(H,37,40)(H,35,36,38,39)/t22-,29+/m1/s1. The van der Waals surface area contributed by atoms with Crippen LogP contribution in [0.2, 0.25) is 0 Å². The fourth-order valence-corrected chi connectivity index (χ4v) is 6.21. The molecule has 3 saturated heterocycles. The number of aromatic nitrogens is 5. The fraction of sp³-hybridized carbons (Fsp3) is 0.394. The molecule has 2 N–H and O–H groups in total. The lowest BCUT2D eigenvalue weighted by Crippen LogP contribution is -2.56. The highest BCUT2D eigenvalue weighted by atomic mass is 16.5. The minimum Gasteiger partial charge on any atom is -0.489 e. The molecule has 4 aromatic rings. The van der Waals surface area contributed by atoms with E-state index >= 15 is 0 Å². The number of carbonyl (C=O) groups is 1. The Morgan fingerprint density at radius 1 is 1.07 bits per heavy atom. The summed E-state index contributed by atoms with van der Waals surface area (Å²) < 4.78 is 11.7. The largest absolute Gasteiger partial charge is 0.489 e. The number of benzene rings is 2. The molecular formula is C33H36N10O3. The topological polar surface area (TPSA) is 148 Å². The van der Waals surface area contributed by atoms with Gasteiger partial charge in [0.25, 0.3) is 5.91 Å². The van der Waals surface area contributed by atoms with Crippen LogP contribution in [0.15, 0.2) is 61.1 Å². The average Bonchev–Trinajstić information content (AvgIpc) is 3.61. The minimum absolute atomic E-state index is 0.0717. The number of likely N-dealkylation sites (tertiary alicyclic amines) is 1. The second kappa shape index (κ2) is 13.1. The normalized spacial score (nSPS) is 20.5. The lowest BCUT2D eigenvalue weighted by molar-refractivity contribution is -0.0660. The molecule has 2 aromatic heterocycles. The maximum absolute atomic E-state index is 12.7. The van der Waals surface area contributed by atoms with Crippen LogP contribution in [-0.4, -0.2) is 105 Å². The molecular weight excluding hydrogens is 584 g/mol. The van der Waals surface area contributed by atoms with Crippen LogP contribution in [0.25, 0.3) is 11.4 Å². The zero-order valence-electron chi connectivity index (χ0n) is 25.7. The van der Waals surface area contributed by atoms with E-state index in [1.807, 2.05) is 18.2 Å². The van der Waals surface area contributed by atoms with Gasteiger partial charge in [-0.1, -0.05) is 6.92 Å². The van der Waals surface area contributed by atoms with E-state index in [0.717, 1.165) is 45.1 Å². The molecule has 3 aliphatic heterocycles. The number of piperazine rings is 1. The maximum Gasteiger partial charge on any atom is 0.271 e. The van der Waals surface area contributed by atoms with Gasteiger partial charge < -0.3 is 24.6 Å². The van der Waals surface area contributed by atoms with Crippen molar-refractivity contribution in [1.82, 2.24) is 34.9 Å². The van der Waals surface area contributed by atoms with Gasteiger partial charge in [0.2, 0.25) is 5.95 Å². The monoisotopic (exact) mass is 620 g/mol. The van der Waals surface area contributed by atoms with E-state index in [9.17, 15) is 10.1 Å². The number of nitrogens with zero attached hydrogens (tertiary/aromatic N) is 8. The molecule has 3 aliphatic rings. The third-order valence-electron chi connectivity index (χ3n) is 8.99. The van der Waals surface area contributed by atoms with E-state index in [-0.39, 0.29) is 17.9 Å². The van der Waals surface area contributed by atoms with Crippen molar-refractivity contribution in [1.29, 1.82) is 5.26 Å². The molecule has 236 valence electrons. The number of nitrogens with one attached hydrogen (secondary N) is 2. The van der Waals surface area contributed by atoms with E-state index in [1.54, 1.807) is 29.3 Å². The highest BCUT2D eigenvalue weighted by molar-refractivity contribution is 5.92. The van der Waals surface area contributed by atoms with Crippen molar-refractivity contribution in [3.8, 4) is 23.2 Å². The van der Waals surface area contributed by atoms with Gasteiger partial charge in [0, 0.05) is 74.7 Å². The van der Waals surface area contributed by atoms with Crippen LogP contribution in [0.3, 0.4) is 0 Å². The number of hydrogen-bond acceptors (Lipinski definition) is 11. The van der Waals surface area contributed by atoms with Crippen molar-refractivity contribution < 1.29 is 14.3 Å². The summed E-state index contributed by atoms with van der Waals surface area (Å²) in [6.45, 7) is 8.99. The number of piperidine rings is 1. The smallest absolute Gasteiger partial charge is 0.271 e. The van der Waals surface area contributed by atoms with Crippen LogP contribution in [0, 0.1) is 17.2 Å². The number of rotatable bonds is 8.